The Hall–Kier alpha value is -2.40. The largest absolute Gasteiger partial charge is 0.504 e. The molecular weight excluding hydrogens is 420 g/mol. The molecule has 5 heteroatoms. The summed E-state index contributed by atoms with van der Waals surface area (Å²) in [7, 11) is 0. The number of hydrogen-bond donors (Lipinski definition) is 1. The first-order valence-corrected chi connectivity index (χ1v) is 10.3. The molecule has 1 aliphatic heterocycles. The number of aliphatic hydroxyl groups is 1. The molecule has 1 heterocycles. The summed E-state index contributed by atoms with van der Waals surface area (Å²) < 4.78 is 6.38. The van der Waals surface area contributed by atoms with Crippen LogP contribution in [0.15, 0.2) is 70.4 Å². The van der Waals surface area contributed by atoms with Gasteiger partial charge in [-0.1, -0.05) is 71.7 Å². The SMILES string of the molecule is CCCC(C1=C(O)C(=O)C(CCc2ccccc2)OC1=O)c1ccc(Br)cc1. The maximum absolute atomic E-state index is 12.7. The van der Waals surface area contributed by atoms with Crippen LogP contribution in [0, 0.1) is 0 Å². The number of cyclic esters (lactones) is 1. The van der Waals surface area contributed by atoms with Crippen molar-refractivity contribution in [3.63, 3.8) is 0 Å². The quantitative estimate of drug-likeness (QED) is 0.592. The second-order valence-electron chi connectivity index (χ2n) is 6.94. The van der Waals surface area contributed by atoms with Crippen LogP contribution in [-0.2, 0) is 20.7 Å². The highest BCUT2D eigenvalue weighted by Gasteiger charge is 2.39. The predicted molar refractivity (Wildman–Crippen MR) is 111 cm³/mol. The van der Waals surface area contributed by atoms with E-state index in [2.05, 4.69) is 15.9 Å². The second kappa shape index (κ2) is 9.20. The van der Waals surface area contributed by atoms with E-state index in [0.717, 1.165) is 22.0 Å². The highest BCUT2D eigenvalue weighted by Crippen LogP contribution is 2.35. The first kappa shape index (κ1) is 20.3. The highest BCUT2D eigenvalue weighted by molar-refractivity contribution is 9.10. The first-order valence-electron chi connectivity index (χ1n) is 9.49. The van der Waals surface area contributed by atoms with E-state index in [1.807, 2.05) is 61.5 Å². The third-order valence-corrected chi connectivity index (χ3v) is 5.52. The van der Waals surface area contributed by atoms with Crippen molar-refractivity contribution in [3.8, 4) is 0 Å². The lowest BCUT2D eigenvalue weighted by Gasteiger charge is -2.27. The van der Waals surface area contributed by atoms with Gasteiger partial charge in [-0.3, -0.25) is 4.79 Å². The van der Waals surface area contributed by atoms with Gasteiger partial charge in [0.25, 0.3) is 0 Å². The fourth-order valence-electron chi connectivity index (χ4n) is 3.53. The van der Waals surface area contributed by atoms with Gasteiger partial charge in [0.2, 0.25) is 5.78 Å². The van der Waals surface area contributed by atoms with Crippen molar-refractivity contribution in [1.82, 2.24) is 0 Å². The molecule has 0 radical (unpaired) electrons. The van der Waals surface area contributed by atoms with Gasteiger partial charge in [0, 0.05) is 10.4 Å². The van der Waals surface area contributed by atoms with E-state index in [9.17, 15) is 14.7 Å². The maximum Gasteiger partial charge on any atom is 0.339 e. The Balaban J connectivity index is 1.84. The summed E-state index contributed by atoms with van der Waals surface area (Å²) in [5.74, 6) is -1.93. The molecule has 0 saturated heterocycles. The number of halogens is 1. The fourth-order valence-corrected chi connectivity index (χ4v) is 3.79. The van der Waals surface area contributed by atoms with E-state index < -0.39 is 23.6 Å². The van der Waals surface area contributed by atoms with Gasteiger partial charge in [-0.05, 0) is 42.5 Å². The van der Waals surface area contributed by atoms with Crippen LogP contribution in [0.25, 0.3) is 0 Å². The van der Waals surface area contributed by atoms with Crippen molar-refractivity contribution >= 4 is 27.7 Å². The Labute approximate surface area is 173 Å². The number of benzene rings is 2. The molecule has 1 N–H and O–H groups in total. The number of rotatable bonds is 7. The standard InChI is InChI=1S/C23H23BrO4/c1-2-6-18(16-10-12-17(24)13-11-16)20-22(26)21(25)19(28-23(20)27)14-9-15-7-4-3-5-8-15/h3-5,7-8,10-13,18-19,26H,2,6,9,14H2,1H3. The molecule has 0 aromatic heterocycles. The monoisotopic (exact) mass is 442 g/mol. The number of ketones is 1. The average Bonchev–Trinajstić information content (AvgIpc) is 2.70. The third-order valence-electron chi connectivity index (χ3n) is 4.99. The summed E-state index contributed by atoms with van der Waals surface area (Å²) >= 11 is 3.40. The van der Waals surface area contributed by atoms with E-state index in [1.165, 1.54) is 0 Å². The highest BCUT2D eigenvalue weighted by atomic mass is 79.9. The summed E-state index contributed by atoms with van der Waals surface area (Å²) in [4.78, 5) is 25.4. The lowest BCUT2D eigenvalue weighted by atomic mass is 9.84. The van der Waals surface area contributed by atoms with Crippen molar-refractivity contribution in [2.24, 2.45) is 0 Å². The number of hydrogen-bond acceptors (Lipinski definition) is 4. The number of esters is 1. The Kier molecular flexibility index (Phi) is 6.68. The number of Topliss-reactive ketones (excluding diaryl/α,β-unsaturated/α-hetero) is 1. The molecule has 0 saturated carbocycles. The summed E-state index contributed by atoms with van der Waals surface area (Å²) in [5.41, 5.74) is 2.00. The van der Waals surface area contributed by atoms with Crippen molar-refractivity contribution in [1.29, 1.82) is 0 Å². The zero-order valence-electron chi connectivity index (χ0n) is 15.7. The zero-order valence-corrected chi connectivity index (χ0v) is 17.3. The third kappa shape index (κ3) is 4.53. The second-order valence-corrected chi connectivity index (χ2v) is 7.85. The molecule has 0 amide bonds. The number of carbonyl (C=O) groups is 2. The number of carbonyl (C=O) groups excluding carboxylic acids is 2. The van der Waals surface area contributed by atoms with Gasteiger partial charge in [-0.25, -0.2) is 4.79 Å². The average molecular weight is 443 g/mol. The predicted octanol–water partition coefficient (Wildman–Crippen LogP) is 5.27. The van der Waals surface area contributed by atoms with Crippen LogP contribution in [0.5, 0.6) is 0 Å². The number of aliphatic hydroxyl groups excluding tert-OH is 1. The fraction of sp³-hybridized carbons (Fsp3) is 0.304. The summed E-state index contributed by atoms with van der Waals surface area (Å²) in [6, 6.07) is 17.2. The van der Waals surface area contributed by atoms with Crippen LogP contribution >= 0.6 is 15.9 Å². The van der Waals surface area contributed by atoms with Crippen LogP contribution in [0.3, 0.4) is 0 Å². The lowest BCUT2D eigenvalue weighted by molar-refractivity contribution is -0.154. The Morgan fingerprint density at radius 2 is 1.75 bits per heavy atom. The molecule has 2 aromatic rings. The van der Waals surface area contributed by atoms with Gasteiger partial charge in [-0.15, -0.1) is 0 Å². The molecule has 0 aliphatic carbocycles. The molecule has 146 valence electrons. The molecule has 2 atom stereocenters. The normalized spacial score (nSPS) is 18.1. The van der Waals surface area contributed by atoms with Crippen molar-refractivity contribution in [3.05, 3.63) is 81.5 Å². The van der Waals surface area contributed by atoms with Crippen LogP contribution < -0.4 is 0 Å². The van der Waals surface area contributed by atoms with Crippen molar-refractivity contribution in [2.45, 2.75) is 44.6 Å². The molecular formula is C23H23BrO4. The van der Waals surface area contributed by atoms with Crippen LogP contribution in [0.1, 0.15) is 43.2 Å². The molecule has 0 bridgehead atoms. The molecule has 28 heavy (non-hydrogen) atoms. The Morgan fingerprint density at radius 3 is 2.39 bits per heavy atom. The van der Waals surface area contributed by atoms with Gasteiger partial charge in [0.1, 0.15) is 0 Å². The smallest absolute Gasteiger partial charge is 0.339 e. The molecule has 2 unspecified atom stereocenters. The van der Waals surface area contributed by atoms with Gasteiger partial charge in [0.05, 0.1) is 5.57 Å². The molecule has 3 rings (SSSR count). The van der Waals surface area contributed by atoms with E-state index in [-0.39, 0.29) is 11.5 Å². The van der Waals surface area contributed by atoms with Crippen LogP contribution in [0.2, 0.25) is 0 Å². The van der Waals surface area contributed by atoms with E-state index >= 15 is 0 Å². The summed E-state index contributed by atoms with van der Waals surface area (Å²) in [5, 5.41) is 10.6. The van der Waals surface area contributed by atoms with Crippen LogP contribution in [-0.4, -0.2) is 23.0 Å². The minimum Gasteiger partial charge on any atom is -0.504 e. The minimum absolute atomic E-state index is 0.0742. The molecule has 0 spiro atoms. The van der Waals surface area contributed by atoms with E-state index in [4.69, 9.17) is 4.74 Å². The number of aryl methyl sites for hydroxylation is 1. The van der Waals surface area contributed by atoms with Crippen LogP contribution in [0.4, 0.5) is 0 Å². The number of ether oxygens (including phenoxy) is 1. The van der Waals surface area contributed by atoms with Crippen molar-refractivity contribution < 1.29 is 19.4 Å². The molecule has 2 aromatic carbocycles. The molecule has 1 aliphatic rings. The Bertz CT molecular complexity index is 871. The molecule has 0 fully saturated rings. The van der Waals surface area contributed by atoms with Gasteiger partial charge >= 0.3 is 5.97 Å². The van der Waals surface area contributed by atoms with Gasteiger partial charge in [-0.2, -0.15) is 0 Å². The van der Waals surface area contributed by atoms with E-state index in [1.54, 1.807) is 0 Å². The minimum atomic E-state index is -0.941. The van der Waals surface area contributed by atoms with Crippen molar-refractivity contribution in [2.75, 3.05) is 0 Å². The van der Waals surface area contributed by atoms with E-state index in [0.29, 0.717) is 19.3 Å². The summed E-state index contributed by atoms with van der Waals surface area (Å²) in [6.45, 7) is 2.00. The maximum atomic E-state index is 12.7. The summed E-state index contributed by atoms with van der Waals surface area (Å²) in [6.07, 6.45) is 1.44. The van der Waals surface area contributed by atoms with Gasteiger partial charge < -0.3 is 9.84 Å². The lowest BCUT2D eigenvalue weighted by Crippen LogP contribution is -2.37. The Morgan fingerprint density at radius 1 is 1.07 bits per heavy atom. The molecule has 4 nitrogen and oxygen atoms in total. The zero-order chi connectivity index (χ0) is 20.1. The van der Waals surface area contributed by atoms with Gasteiger partial charge in [0.15, 0.2) is 11.9 Å². The topological polar surface area (TPSA) is 63.6 Å². The first-order chi connectivity index (χ1) is 13.5.